The fourth-order valence-corrected chi connectivity index (χ4v) is 4.46. The highest BCUT2D eigenvalue weighted by atomic mass is 35.5. The van der Waals surface area contributed by atoms with Gasteiger partial charge in [0.25, 0.3) is 0 Å². The van der Waals surface area contributed by atoms with Gasteiger partial charge in [0.15, 0.2) is 0 Å². The quantitative estimate of drug-likeness (QED) is 0.306. The Morgan fingerprint density at radius 3 is 2.14 bits per heavy atom. The minimum Gasteiger partial charge on any atom is -0.508 e. The number of phenols is 1. The van der Waals surface area contributed by atoms with E-state index in [1.807, 2.05) is 24.3 Å². The lowest BCUT2D eigenvalue weighted by atomic mass is 10.00. The highest BCUT2D eigenvalue weighted by Crippen LogP contribution is 2.22. The zero-order valence-electron chi connectivity index (χ0n) is 20.6. The number of carbonyl (C=O) groups is 1. The number of halogens is 2. The molecule has 0 aromatic heterocycles. The van der Waals surface area contributed by atoms with Gasteiger partial charge in [-0.15, -0.1) is 24.8 Å². The van der Waals surface area contributed by atoms with Crippen LogP contribution >= 0.6 is 24.8 Å². The molecule has 0 saturated carbocycles. The SMILES string of the molecule is Cl.Cl.O=C(Cc1cccc(-c2cccc(CNCCc3ccc(O)cc3)c2)c1)NCCN1CCCC1. The molecule has 7 heteroatoms. The molecule has 0 bridgehead atoms. The van der Waals surface area contributed by atoms with Crippen LogP contribution in [0.2, 0.25) is 0 Å². The van der Waals surface area contributed by atoms with Gasteiger partial charge in [-0.25, -0.2) is 0 Å². The lowest BCUT2D eigenvalue weighted by Crippen LogP contribution is -2.34. The van der Waals surface area contributed by atoms with Crippen molar-refractivity contribution in [3.63, 3.8) is 0 Å². The van der Waals surface area contributed by atoms with E-state index in [-0.39, 0.29) is 30.7 Å². The summed E-state index contributed by atoms with van der Waals surface area (Å²) in [6.07, 6.45) is 3.88. The van der Waals surface area contributed by atoms with Crippen LogP contribution in [0.15, 0.2) is 72.8 Å². The molecule has 36 heavy (non-hydrogen) atoms. The minimum atomic E-state index is 0. The molecular formula is C29H37Cl2N3O2. The number of benzene rings is 3. The second-order valence-electron chi connectivity index (χ2n) is 9.07. The van der Waals surface area contributed by atoms with Crippen LogP contribution < -0.4 is 10.6 Å². The number of phenolic OH excluding ortho intramolecular Hbond substituents is 1. The molecule has 1 heterocycles. The van der Waals surface area contributed by atoms with Crippen molar-refractivity contribution < 1.29 is 9.90 Å². The molecule has 1 amide bonds. The summed E-state index contributed by atoms with van der Waals surface area (Å²) in [7, 11) is 0. The van der Waals surface area contributed by atoms with Crippen molar-refractivity contribution in [2.75, 3.05) is 32.7 Å². The smallest absolute Gasteiger partial charge is 0.224 e. The fraction of sp³-hybridized carbons (Fsp3) is 0.345. The Balaban J connectivity index is 0.00000228. The molecule has 3 aromatic rings. The van der Waals surface area contributed by atoms with Gasteiger partial charge in [0.1, 0.15) is 5.75 Å². The highest BCUT2D eigenvalue weighted by Gasteiger charge is 2.11. The van der Waals surface area contributed by atoms with Crippen LogP contribution in [0.25, 0.3) is 11.1 Å². The van der Waals surface area contributed by atoms with E-state index in [1.54, 1.807) is 12.1 Å². The summed E-state index contributed by atoms with van der Waals surface area (Å²) < 4.78 is 0. The first-order valence-electron chi connectivity index (χ1n) is 12.3. The fourth-order valence-electron chi connectivity index (χ4n) is 4.46. The maximum Gasteiger partial charge on any atom is 0.224 e. The van der Waals surface area contributed by atoms with Crippen molar-refractivity contribution in [3.8, 4) is 16.9 Å². The molecule has 4 rings (SSSR count). The molecule has 1 fully saturated rings. The van der Waals surface area contributed by atoms with E-state index in [0.717, 1.165) is 62.4 Å². The van der Waals surface area contributed by atoms with Crippen LogP contribution in [-0.4, -0.2) is 48.6 Å². The van der Waals surface area contributed by atoms with Crippen molar-refractivity contribution in [3.05, 3.63) is 89.5 Å². The van der Waals surface area contributed by atoms with Crippen molar-refractivity contribution in [2.24, 2.45) is 0 Å². The molecule has 1 aliphatic rings. The summed E-state index contributed by atoms with van der Waals surface area (Å²) in [6, 6.07) is 24.2. The normalized spacial score (nSPS) is 13.0. The molecule has 1 aliphatic heterocycles. The zero-order valence-corrected chi connectivity index (χ0v) is 22.3. The predicted molar refractivity (Wildman–Crippen MR) is 152 cm³/mol. The molecule has 0 aliphatic carbocycles. The summed E-state index contributed by atoms with van der Waals surface area (Å²) in [5, 5.41) is 16.0. The summed E-state index contributed by atoms with van der Waals surface area (Å²) in [5.41, 5.74) is 5.76. The van der Waals surface area contributed by atoms with E-state index < -0.39 is 0 Å². The average Bonchev–Trinajstić information content (AvgIpc) is 3.37. The number of aromatic hydroxyl groups is 1. The Morgan fingerprint density at radius 1 is 0.806 bits per heavy atom. The Bertz CT molecular complexity index is 1070. The summed E-state index contributed by atoms with van der Waals surface area (Å²) in [5.74, 6) is 0.388. The van der Waals surface area contributed by atoms with Gasteiger partial charge in [-0.1, -0.05) is 54.6 Å². The largest absolute Gasteiger partial charge is 0.508 e. The monoisotopic (exact) mass is 529 g/mol. The van der Waals surface area contributed by atoms with Gasteiger partial charge in [0.2, 0.25) is 5.91 Å². The molecule has 5 nitrogen and oxygen atoms in total. The second-order valence-corrected chi connectivity index (χ2v) is 9.07. The Labute approximate surface area is 227 Å². The number of hydrogen-bond acceptors (Lipinski definition) is 4. The number of amides is 1. The van der Waals surface area contributed by atoms with Gasteiger partial charge in [0, 0.05) is 19.6 Å². The van der Waals surface area contributed by atoms with Crippen molar-refractivity contribution in [2.45, 2.75) is 32.2 Å². The molecule has 0 spiro atoms. The first-order chi connectivity index (χ1) is 16.7. The number of nitrogens with one attached hydrogen (secondary N) is 2. The average molecular weight is 531 g/mol. The Hall–Kier alpha value is -2.57. The van der Waals surface area contributed by atoms with Gasteiger partial charge < -0.3 is 20.6 Å². The van der Waals surface area contributed by atoms with Crippen molar-refractivity contribution in [1.82, 2.24) is 15.5 Å². The molecule has 194 valence electrons. The van der Waals surface area contributed by atoms with Crippen molar-refractivity contribution >= 4 is 30.7 Å². The predicted octanol–water partition coefficient (Wildman–Crippen LogP) is 4.99. The van der Waals surface area contributed by atoms with Crippen molar-refractivity contribution in [1.29, 1.82) is 0 Å². The molecular weight excluding hydrogens is 493 g/mol. The minimum absolute atomic E-state index is 0. The maximum atomic E-state index is 12.4. The number of rotatable bonds is 11. The van der Waals surface area contributed by atoms with Gasteiger partial charge in [-0.3, -0.25) is 4.79 Å². The van der Waals surface area contributed by atoms with Crippen LogP contribution in [0, 0.1) is 0 Å². The molecule has 0 atom stereocenters. The lowest BCUT2D eigenvalue weighted by molar-refractivity contribution is -0.120. The van der Waals surface area contributed by atoms with E-state index in [0.29, 0.717) is 12.2 Å². The van der Waals surface area contributed by atoms with Crippen LogP contribution in [0.3, 0.4) is 0 Å². The van der Waals surface area contributed by atoms with E-state index in [2.05, 4.69) is 51.9 Å². The van der Waals surface area contributed by atoms with Crippen LogP contribution in [-0.2, 0) is 24.2 Å². The summed E-state index contributed by atoms with van der Waals surface area (Å²) in [4.78, 5) is 14.8. The topological polar surface area (TPSA) is 64.6 Å². The van der Waals surface area contributed by atoms with Gasteiger partial charge >= 0.3 is 0 Å². The van der Waals surface area contributed by atoms with E-state index in [4.69, 9.17) is 0 Å². The molecule has 3 N–H and O–H groups in total. The van der Waals surface area contributed by atoms with Crippen LogP contribution in [0.5, 0.6) is 5.75 Å². The standard InChI is InChI=1S/C29H35N3O2.2ClH/c33-28-11-9-23(10-12-28)13-14-30-22-25-6-4-8-27(20-25)26-7-3-5-24(19-26)21-29(34)31-15-18-32-16-1-2-17-32;;/h3-12,19-20,30,33H,1-2,13-18,21-22H2,(H,31,34);2*1H. The highest BCUT2D eigenvalue weighted by molar-refractivity contribution is 5.85. The third-order valence-electron chi connectivity index (χ3n) is 6.36. The second kappa shape index (κ2) is 15.5. The van der Waals surface area contributed by atoms with E-state index in [1.165, 1.54) is 24.0 Å². The van der Waals surface area contributed by atoms with Crippen LogP contribution in [0.4, 0.5) is 0 Å². The van der Waals surface area contributed by atoms with Gasteiger partial charge in [-0.05, 0) is 84.9 Å². The van der Waals surface area contributed by atoms with E-state index >= 15 is 0 Å². The first-order valence-corrected chi connectivity index (χ1v) is 12.3. The Morgan fingerprint density at radius 2 is 1.44 bits per heavy atom. The number of likely N-dealkylation sites (tertiary alicyclic amines) is 1. The Kier molecular flexibility index (Phi) is 12.8. The zero-order chi connectivity index (χ0) is 23.6. The number of hydrogen-bond donors (Lipinski definition) is 3. The van der Waals surface area contributed by atoms with Gasteiger partial charge in [0.05, 0.1) is 6.42 Å². The molecule has 0 unspecified atom stereocenters. The molecule has 0 radical (unpaired) electrons. The summed E-state index contributed by atoms with van der Waals surface area (Å²) >= 11 is 0. The first kappa shape index (κ1) is 29.7. The van der Waals surface area contributed by atoms with Crippen LogP contribution in [0.1, 0.15) is 29.5 Å². The maximum absolute atomic E-state index is 12.4. The van der Waals surface area contributed by atoms with E-state index in [9.17, 15) is 9.90 Å². The molecule has 3 aromatic carbocycles. The number of nitrogens with zero attached hydrogens (tertiary/aromatic N) is 1. The third kappa shape index (κ3) is 9.47. The summed E-state index contributed by atoms with van der Waals surface area (Å²) in [6.45, 7) is 5.65. The van der Waals surface area contributed by atoms with Gasteiger partial charge in [-0.2, -0.15) is 0 Å². The lowest BCUT2D eigenvalue weighted by Gasteiger charge is -2.14. The molecule has 1 saturated heterocycles. The third-order valence-corrected chi connectivity index (χ3v) is 6.36. The number of carbonyl (C=O) groups excluding carboxylic acids is 1.